The number of H-pyrrole nitrogens is 1. The summed E-state index contributed by atoms with van der Waals surface area (Å²) in [6.45, 7) is 12.6. The number of rotatable bonds is 22. The van der Waals surface area contributed by atoms with Gasteiger partial charge in [-0.2, -0.15) is 0 Å². The van der Waals surface area contributed by atoms with Crippen LogP contribution >= 0.6 is 0 Å². The van der Waals surface area contributed by atoms with Gasteiger partial charge in [-0.3, -0.25) is 14.6 Å². The molecule has 0 aliphatic carbocycles. The fourth-order valence-corrected chi connectivity index (χ4v) is 5.10. The Morgan fingerprint density at radius 2 is 1.50 bits per heavy atom. The van der Waals surface area contributed by atoms with Crippen molar-refractivity contribution in [1.82, 2.24) is 34.2 Å². The number of imidazole rings is 2. The number of carbonyl (C=O) groups is 1. The first kappa shape index (κ1) is 33.5. The van der Waals surface area contributed by atoms with Crippen LogP contribution in [-0.2, 0) is 47.5 Å². The zero-order chi connectivity index (χ0) is 30.0. The Kier molecular flexibility index (Phi) is 15.3. The van der Waals surface area contributed by atoms with E-state index in [2.05, 4.69) is 72.3 Å². The van der Waals surface area contributed by atoms with Crippen molar-refractivity contribution in [2.24, 2.45) is 7.05 Å². The predicted octanol–water partition coefficient (Wildman–Crippen LogP) is 4.24. The lowest BCUT2D eigenvalue weighted by Gasteiger charge is -2.24. The van der Waals surface area contributed by atoms with Crippen molar-refractivity contribution >= 4 is 5.97 Å². The quantitative estimate of drug-likeness (QED) is 0.139. The van der Waals surface area contributed by atoms with Crippen LogP contribution in [-0.4, -0.2) is 93.2 Å². The molecule has 0 aliphatic rings. The van der Waals surface area contributed by atoms with Crippen LogP contribution in [0.3, 0.4) is 0 Å². The van der Waals surface area contributed by atoms with Crippen molar-refractivity contribution in [2.75, 3.05) is 53.0 Å². The topological polar surface area (TPSA) is 91.8 Å². The molecule has 1 aromatic carbocycles. The van der Waals surface area contributed by atoms with E-state index >= 15 is 0 Å². The predicted molar refractivity (Wildman–Crippen MR) is 166 cm³/mol. The van der Waals surface area contributed by atoms with Gasteiger partial charge in [0, 0.05) is 52.0 Å². The van der Waals surface area contributed by atoms with Gasteiger partial charge in [0.15, 0.2) is 0 Å². The number of methoxy groups -OCH3 is 1. The minimum Gasteiger partial charge on any atom is -0.462 e. The number of esters is 1. The maximum atomic E-state index is 12.5. The Morgan fingerprint density at radius 3 is 2.07 bits per heavy atom. The highest BCUT2D eigenvalue weighted by Gasteiger charge is 2.15. The van der Waals surface area contributed by atoms with E-state index in [1.54, 1.807) is 13.3 Å². The van der Waals surface area contributed by atoms with Gasteiger partial charge in [-0.15, -0.1) is 0 Å². The molecule has 0 radical (unpaired) electrons. The molecule has 0 saturated carbocycles. The molecule has 2 heterocycles. The molecule has 232 valence electrons. The summed E-state index contributed by atoms with van der Waals surface area (Å²) in [6, 6.07) is 8.72. The van der Waals surface area contributed by atoms with Crippen molar-refractivity contribution in [3.8, 4) is 0 Å². The molecule has 0 unspecified atom stereocenters. The first-order valence-electron chi connectivity index (χ1n) is 15.3. The molecule has 3 rings (SSSR count). The first-order chi connectivity index (χ1) is 20.5. The lowest BCUT2D eigenvalue weighted by atomic mass is 10.1. The average molecular weight is 582 g/mol. The molecular weight excluding hydrogens is 530 g/mol. The first-order valence-corrected chi connectivity index (χ1v) is 15.3. The van der Waals surface area contributed by atoms with E-state index < -0.39 is 0 Å². The van der Waals surface area contributed by atoms with Gasteiger partial charge < -0.3 is 23.9 Å². The standard InChI is InChI=1S/C32H51N7O3/c1-5-16-37(17-6-2)18-7-8-19-38(27-32(40)42-22-21-41-4)23-28-9-11-29(12-10-28)24-39(25-30-33-13-14-34-30)26-31-35-15-20-36(31)3/h9-15,20H,5-8,16-19,21-27H2,1-4H3,(H,33,34). The Bertz CT molecular complexity index is 1110. The number of hydrogen-bond donors (Lipinski definition) is 1. The van der Waals surface area contributed by atoms with Crippen LogP contribution in [0.15, 0.2) is 49.1 Å². The molecule has 0 atom stereocenters. The second kappa shape index (κ2) is 19.2. The second-order valence-electron chi connectivity index (χ2n) is 10.9. The van der Waals surface area contributed by atoms with Crippen LogP contribution in [0.5, 0.6) is 0 Å². The molecule has 42 heavy (non-hydrogen) atoms. The molecular formula is C32H51N7O3. The summed E-state index contributed by atoms with van der Waals surface area (Å²) in [5, 5.41) is 0. The zero-order valence-corrected chi connectivity index (χ0v) is 26.1. The number of nitrogens with one attached hydrogen (secondary N) is 1. The summed E-state index contributed by atoms with van der Waals surface area (Å²) >= 11 is 0. The molecule has 2 aromatic heterocycles. The fourth-order valence-electron chi connectivity index (χ4n) is 5.10. The number of unbranched alkanes of at least 4 members (excludes halogenated alkanes) is 1. The van der Waals surface area contributed by atoms with Gasteiger partial charge in [-0.25, -0.2) is 9.97 Å². The third-order valence-corrected chi connectivity index (χ3v) is 7.23. The van der Waals surface area contributed by atoms with E-state index in [1.807, 2.05) is 25.6 Å². The third kappa shape index (κ3) is 12.4. The van der Waals surface area contributed by atoms with Gasteiger partial charge >= 0.3 is 5.97 Å². The van der Waals surface area contributed by atoms with E-state index in [4.69, 9.17) is 9.47 Å². The highest BCUT2D eigenvalue weighted by Crippen LogP contribution is 2.14. The van der Waals surface area contributed by atoms with Crippen LogP contribution < -0.4 is 0 Å². The fraction of sp³-hybridized carbons (Fsp3) is 0.594. The highest BCUT2D eigenvalue weighted by atomic mass is 16.6. The number of carbonyl (C=O) groups excluding carboxylic acids is 1. The van der Waals surface area contributed by atoms with E-state index in [-0.39, 0.29) is 19.1 Å². The molecule has 0 spiro atoms. The number of ether oxygens (including phenoxy) is 2. The van der Waals surface area contributed by atoms with Gasteiger partial charge in [0.05, 0.1) is 26.2 Å². The van der Waals surface area contributed by atoms with Crippen molar-refractivity contribution in [2.45, 2.75) is 65.7 Å². The van der Waals surface area contributed by atoms with Crippen molar-refractivity contribution in [3.63, 3.8) is 0 Å². The van der Waals surface area contributed by atoms with Crippen LogP contribution in [0.1, 0.15) is 62.3 Å². The SMILES string of the molecule is CCCN(CCC)CCCCN(CC(=O)OCCOC)Cc1ccc(CN(Cc2ncc[nH]2)Cc2nccn2C)cc1. The Balaban J connectivity index is 1.59. The van der Waals surface area contributed by atoms with E-state index in [9.17, 15) is 4.79 Å². The van der Waals surface area contributed by atoms with Crippen LogP contribution in [0.25, 0.3) is 0 Å². The van der Waals surface area contributed by atoms with Gasteiger partial charge in [-0.1, -0.05) is 38.1 Å². The summed E-state index contributed by atoms with van der Waals surface area (Å²) < 4.78 is 12.5. The van der Waals surface area contributed by atoms with Gasteiger partial charge in [-0.05, 0) is 63.0 Å². The number of aromatic nitrogens is 4. The van der Waals surface area contributed by atoms with E-state index in [0.29, 0.717) is 19.7 Å². The van der Waals surface area contributed by atoms with Crippen LogP contribution in [0, 0.1) is 0 Å². The van der Waals surface area contributed by atoms with Crippen molar-refractivity contribution < 1.29 is 14.3 Å². The summed E-state index contributed by atoms with van der Waals surface area (Å²) in [4.78, 5) is 31.8. The summed E-state index contributed by atoms with van der Waals surface area (Å²) in [7, 11) is 3.63. The smallest absolute Gasteiger partial charge is 0.320 e. The second-order valence-corrected chi connectivity index (χ2v) is 10.9. The largest absolute Gasteiger partial charge is 0.462 e. The summed E-state index contributed by atoms with van der Waals surface area (Å²) in [5.74, 6) is 1.74. The van der Waals surface area contributed by atoms with Gasteiger partial charge in [0.2, 0.25) is 0 Å². The number of hydrogen-bond acceptors (Lipinski definition) is 8. The van der Waals surface area contributed by atoms with E-state index in [1.165, 1.54) is 24.0 Å². The number of aryl methyl sites for hydroxylation is 1. The lowest BCUT2D eigenvalue weighted by molar-refractivity contribution is -0.146. The molecule has 0 aliphatic heterocycles. The number of nitrogens with zero attached hydrogens (tertiary/aromatic N) is 6. The molecule has 0 fully saturated rings. The van der Waals surface area contributed by atoms with E-state index in [0.717, 1.165) is 63.8 Å². The van der Waals surface area contributed by atoms with Crippen molar-refractivity contribution in [3.05, 3.63) is 71.8 Å². The zero-order valence-electron chi connectivity index (χ0n) is 26.1. The summed E-state index contributed by atoms with van der Waals surface area (Å²) in [6.07, 6.45) is 12.0. The summed E-state index contributed by atoms with van der Waals surface area (Å²) in [5.41, 5.74) is 2.40. The van der Waals surface area contributed by atoms with Crippen LogP contribution in [0.4, 0.5) is 0 Å². The Morgan fingerprint density at radius 1 is 0.833 bits per heavy atom. The van der Waals surface area contributed by atoms with Crippen LogP contribution in [0.2, 0.25) is 0 Å². The normalized spacial score (nSPS) is 11.7. The molecule has 10 heteroatoms. The Hall–Kier alpha value is -3.05. The molecule has 3 aromatic rings. The maximum Gasteiger partial charge on any atom is 0.320 e. The minimum atomic E-state index is -0.204. The number of benzene rings is 1. The Labute approximate surface area is 252 Å². The number of aromatic amines is 1. The molecule has 0 saturated heterocycles. The highest BCUT2D eigenvalue weighted by molar-refractivity contribution is 5.71. The van der Waals surface area contributed by atoms with Gasteiger partial charge in [0.25, 0.3) is 0 Å². The molecule has 0 bridgehead atoms. The molecule has 10 nitrogen and oxygen atoms in total. The monoisotopic (exact) mass is 581 g/mol. The minimum absolute atomic E-state index is 0.204. The average Bonchev–Trinajstić information content (AvgIpc) is 3.64. The maximum absolute atomic E-state index is 12.5. The molecule has 0 amide bonds. The molecule has 1 N–H and O–H groups in total. The third-order valence-electron chi connectivity index (χ3n) is 7.23. The van der Waals surface area contributed by atoms with Gasteiger partial charge in [0.1, 0.15) is 18.3 Å². The lowest BCUT2D eigenvalue weighted by Crippen LogP contribution is -2.33. The van der Waals surface area contributed by atoms with Crippen molar-refractivity contribution in [1.29, 1.82) is 0 Å².